The number of ether oxygens (including phenoxy) is 1. The average Bonchev–Trinajstić information content (AvgIpc) is 2.25. The van der Waals surface area contributed by atoms with E-state index in [1.165, 1.54) is 0 Å². The van der Waals surface area contributed by atoms with E-state index in [0.717, 1.165) is 0 Å². The van der Waals surface area contributed by atoms with E-state index < -0.39 is 17.2 Å². The first kappa shape index (κ1) is 15.2. The molecule has 0 unspecified atom stereocenters. The maximum atomic E-state index is 12.3. The highest BCUT2D eigenvalue weighted by Gasteiger charge is 2.32. The van der Waals surface area contributed by atoms with Crippen LogP contribution < -0.4 is 5.32 Å². The van der Waals surface area contributed by atoms with E-state index in [-0.39, 0.29) is 5.78 Å². The van der Waals surface area contributed by atoms with Crippen LogP contribution in [0.4, 0.5) is 4.79 Å². The van der Waals surface area contributed by atoms with Gasteiger partial charge in [-0.1, -0.05) is 30.3 Å². The SMILES string of the molecule is CC(C)(C)OC(=O)NC(C)(C)C(=O)c1ccccc1. The Hall–Kier alpha value is -1.84. The molecular formula is C15H21NO3. The van der Waals surface area contributed by atoms with Crippen molar-refractivity contribution in [1.82, 2.24) is 5.32 Å². The first-order valence-corrected chi connectivity index (χ1v) is 6.23. The second kappa shape index (κ2) is 5.43. The van der Waals surface area contributed by atoms with Crippen LogP contribution in [0.3, 0.4) is 0 Å². The second-order valence-electron chi connectivity index (χ2n) is 5.95. The lowest BCUT2D eigenvalue weighted by Crippen LogP contribution is -2.51. The highest BCUT2D eigenvalue weighted by Crippen LogP contribution is 2.14. The number of Topliss-reactive ketones (excluding diaryl/α,β-unsaturated/α-hetero) is 1. The molecule has 0 radical (unpaired) electrons. The normalized spacial score (nSPS) is 11.8. The molecule has 1 rings (SSSR count). The standard InChI is InChI=1S/C15H21NO3/c1-14(2,3)19-13(18)16-15(4,5)12(17)11-9-7-6-8-10-11/h6-10H,1-5H3,(H,16,18). The Morgan fingerprint density at radius 3 is 2.00 bits per heavy atom. The number of carbonyl (C=O) groups excluding carboxylic acids is 2. The van der Waals surface area contributed by atoms with Gasteiger partial charge in [0.15, 0.2) is 5.78 Å². The molecule has 0 atom stereocenters. The fourth-order valence-corrected chi connectivity index (χ4v) is 1.57. The molecule has 4 heteroatoms. The predicted octanol–water partition coefficient (Wildman–Crippen LogP) is 3.17. The van der Waals surface area contributed by atoms with Crippen LogP contribution in [-0.2, 0) is 4.74 Å². The van der Waals surface area contributed by atoms with E-state index in [1.807, 2.05) is 6.07 Å². The van der Waals surface area contributed by atoms with Crippen molar-refractivity contribution in [2.75, 3.05) is 0 Å². The van der Waals surface area contributed by atoms with Crippen LogP contribution in [0.2, 0.25) is 0 Å². The summed E-state index contributed by atoms with van der Waals surface area (Å²) in [5.74, 6) is -0.154. The van der Waals surface area contributed by atoms with Gasteiger partial charge in [-0.05, 0) is 34.6 Å². The van der Waals surface area contributed by atoms with E-state index in [1.54, 1.807) is 58.9 Å². The van der Waals surface area contributed by atoms with Gasteiger partial charge in [-0.2, -0.15) is 0 Å². The van der Waals surface area contributed by atoms with Crippen LogP contribution in [0, 0.1) is 0 Å². The Morgan fingerprint density at radius 1 is 1.00 bits per heavy atom. The Bertz CT molecular complexity index is 458. The summed E-state index contributed by atoms with van der Waals surface area (Å²) in [6.07, 6.45) is -0.596. The molecule has 0 fully saturated rings. The lowest BCUT2D eigenvalue weighted by molar-refractivity contribution is 0.0454. The first-order chi connectivity index (χ1) is 8.62. The van der Waals surface area contributed by atoms with Crippen LogP contribution in [0.25, 0.3) is 0 Å². The van der Waals surface area contributed by atoms with Crippen molar-refractivity contribution in [2.45, 2.75) is 45.8 Å². The molecule has 0 saturated carbocycles. The van der Waals surface area contributed by atoms with Crippen LogP contribution >= 0.6 is 0 Å². The van der Waals surface area contributed by atoms with E-state index in [0.29, 0.717) is 5.56 Å². The molecule has 0 aromatic heterocycles. The number of ketones is 1. The molecule has 104 valence electrons. The van der Waals surface area contributed by atoms with Crippen LogP contribution in [-0.4, -0.2) is 23.0 Å². The maximum absolute atomic E-state index is 12.3. The molecule has 19 heavy (non-hydrogen) atoms. The number of rotatable bonds is 3. The van der Waals surface area contributed by atoms with Crippen molar-refractivity contribution >= 4 is 11.9 Å². The van der Waals surface area contributed by atoms with Crippen molar-refractivity contribution in [2.24, 2.45) is 0 Å². The van der Waals surface area contributed by atoms with Gasteiger partial charge in [0.05, 0.1) is 0 Å². The minimum atomic E-state index is -1.01. The van der Waals surface area contributed by atoms with Gasteiger partial charge in [-0.3, -0.25) is 4.79 Å². The van der Waals surface area contributed by atoms with E-state index in [2.05, 4.69) is 5.32 Å². The zero-order valence-electron chi connectivity index (χ0n) is 12.1. The van der Waals surface area contributed by atoms with Gasteiger partial charge in [-0.15, -0.1) is 0 Å². The molecule has 1 aromatic carbocycles. The van der Waals surface area contributed by atoms with Crippen molar-refractivity contribution in [3.05, 3.63) is 35.9 Å². The van der Waals surface area contributed by atoms with Crippen LogP contribution in [0.15, 0.2) is 30.3 Å². The summed E-state index contributed by atoms with van der Waals surface area (Å²) in [6, 6.07) is 8.86. The Balaban J connectivity index is 2.76. The number of amides is 1. The summed E-state index contributed by atoms with van der Waals surface area (Å²) < 4.78 is 5.16. The van der Waals surface area contributed by atoms with E-state index in [4.69, 9.17) is 4.74 Å². The molecule has 0 aliphatic rings. The monoisotopic (exact) mass is 263 g/mol. The minimum absolute atomic E-state index is 0.154. The fraction of sp³-hybridized carbons (Fsp3) is 0.467. The number of nitrogens with one attached hydrogen (secondary N) is 1. The molecule has 1 amide bonds. The molecule has 0 heterocycles. The third-order valence-corrected chi connectivity index (χ3v) is 2.42. The quantitative estimate of drug-likeness (QED) is 0.852. The third kappa shape index (κ3) is 4.73. The van der Waals surface area contributed by atoms with Gasteiger partial charge in [0, 0.05) is 5.56 Å². The Kier molecular flexibility index (Phi) is 4.35. The number of carbonyl (C=O) groups is 2. The van der Waals surface area contributed by atoms with Crippen molar-refractivity contribution in [3.63, 3.8) is 0 Å². The zero-order valence-corrected chi connectivity index (χ0v) is 12.1. The predicted molar refractivity (Wildman–Crippen MR) is 74.2 cm³/mol. The van der Waals surface area contributed by atoms with Crippen LogP contribution in [0.5, 0.6) is 0 Å². The van der Waals surface area contributed by atoms with Crippen molar-refractivity contribution in [1.29, 1.82) is 0 Å². The molecule has 4 nitrogen and oxygen atoms in total. The topological polar surface area (TPSA) is 55.4 Å². The van der Waals surface area contributed by atoms with E-state index in [9.17, 15) is 9.59 Å². The first-order valence-electron chi connectivity index (χ1n) is 6.23. The smallest absolute Gasteiger partial charge is 0.408 e. The Morgan fingerprint density at radius 2 is 1.53 bits per heavy atom. The van der Waals surface area contributed by atoms with Gasteiger partial charge in [0.2, 0.25) is 0 Å². The molecular weight excluding hydrogens is 242 g/mol. The molecule has 0 bridgehead atoms. The zero-order chi connectivity index (χ0) is 14.7. The summed E-state index contributed by atoms with van der Waals surface area (Å²) in [5, 5.41) is 2.60. The molecule has 0 saturated heterocycles. The number of benzene rings is 1. The van der Waals surface area contributed by atoms with Crippen molar-refractivity contribution < 1.29 is 14.3 Å². The Labute approximate surface area is 114 Å². The second-order valence-corrected chi connectivity index (χ2v) is 5.95. The van der Waals surface area contributed by atoms with Gasteiger partial charge in [-0.25, -0.2) is 4.79 Å². The highest BCUT2D eigenvalue weighted by atomic mass is 16.6. The molecule has 1 aromatic rings. The number of hydrogen-bond donors (Lipinski definition) is 1. The lowest BCUT2D eigenvalue weighted by atomic mass is 9.93. The summed E-state index contributed by atoms with van der Waals surface area (Å²) >= 11 is 0. The van der Waals surface area contributed by atoms with Gasteiger partial charge >= 0.3 is 6.09 Å². The number of hydrogen-bond acceptors (Lipinski definition) is 3. The summed E-state index contributed by atoms with van der Waals surface area (Å²) in [6.45, 7) is 8.65. The minimum Gasteiger partial charge on any atom is -0.444 e. The average molecular weight is 263 g/mol. The van der Waals surface area contributed by atoms with E-state index >= 15 is 0 Å². The number of alkyl carbamates (subject to hydrolysis) is 1. The summed E-state index contributed by atoms with van der Waals surface area (Å²) in [4.78, 5) is 24.0. The van der Waals surface area contributed by atoms with Crippen molar-refractivity contribution in [3.8, 4) is 0 Å². The highest BCUT2D eigenvalue weighted by molar-refractivity contribution is 6.04. The van der Waals surface area contributed by atoms with Gasteiger partial charge < -0.3 is 10.1 Å². The maximum Gasteiger partial charge on any atom is 0.408 e. The lowest BCUT2D eigenvalue weighted by Gasteiger charge is -2.27. The summed E-state index contributed by atoms with van der Waals surface area (Å²) in [5.41, 5.74) is -1.04. The molecule has 0 aliphatic carbocycles. The van der Waals surface area contributed by atoms with Gasteiger partial charge in [0.25, 0.3) is 0 Å². The fourth-order valence-electron chi connectivity index (χ4n) is 1.57. The third-order valence-electron chi connectivity index (χ3n) is 2.42. The largest absolute Gasteiger partial charge is 0.444 e. The molecule has 0 aliphatic heterocycles. The van der Waals surface area contributed by atoms with Crippen LogP contribution in [0.1, 0.15) is 45.0 Å². The molecule has 0 spiro atoms. The van der Waals surface area contributed by atoms with Gasteiger partial charge in [0.1, 0.15) is 11.1 Å². The molecule has 1 N–H and O–H groups in total. The summed E-state index contributed by atoms with van der Waals surface area (Å²) in [7, 11) is 0.